The molecule has 0 aliphatic heterocycles. The number of aliphatic hydroxyl groups is 1. The highest BCUT2D eigenvalue weighted by atomic mass is 19.1. The van der Waals surface area contributed by atoms with Crippen LogP contribution in [0.25, 0.3) is 0 Å². The number of nitrogens with one attached hydrogen (secondary N) is 2. The third-order valence-corrected chi connectivity index (χ3v) is 4.56. The number of hydrogen-bond donors (Lipinski definition) is 3. The summed E-state index contributed by atoms with van der Waals surface area (Å²) >= 11 is 0. The lowest BCUT2D eigenvalue weighted by Crippen LogP contribution is -2.50. The van der Waals surface area contributed by atoms with E-state index in [0.717, 1.165) is 0 Å². The lowest BCUT2D eigenvalue weighted by molar-refractivity contribution is -0.163. The van der Waals surface area contributed by atoms with Crippen LogP contribution in [0.3, 0.4) is 0 Å². The van der Waals surface area contributed by atoms with Crippen LogP contribution in [0.2, 0.25) is 0 Å². The predicted molar refractivity (Wildman–Crippen MR) is 88.7 cm³/mol. The Morgan fingerprint density at radius 1 is 1.40 bits per heavy atom. The summed E-state index contributed by atoms with van der Waals surface area (Å²) < 4.78 is 19.1. The van der Waals surface area contributed by atoms with Crippen LogP contribution in [0.5, 0.6) is 0 Å². The van der Waals surface area contributed by atoms with Crippen molar-refractivity contribution in [2.45, 2.75) is 44.8 Å². The van der Waals surface area contributed by atoms with Gasteiger partial charge in [0.25, 0.3) is 5.56 Å². The molecule has 134 valence electrons. The number of benzene rings is 1. The molecule has 0 radical (unpaired) electrons. The van der Waals surface area contributed by atoms with Gasteiger partial charge in [0.1, 0.15) is 5.82 Å². The van der Waals surface area contributed by atoms with Crippen molar-refractivity contribution in [3.05, 3.63) is 57.3 Å². The number of aromatic amines is 2. The van der Waals surface area contributed by atoms with Gasteiger partial charge in [-0.15, -0.1) is 0 Å². The van der Waals surface area contributed by atoms with Gasteiger partial charge in [-0.05, 0) is 38.5 Å². The van der Waals surface area contributed by atoms with E-state index in [2.05, 4.69) is 10.2 Å². The van der Waals surface area contributed by atoms with Crippen LogP contribution in [-0.4, -0.2) is 33.0 Å². The SMILES string of the molecule is CC(C)OC(=O)[C@@H]1[C@H](c2cccc(F)c2)c2c([nH][nH]c2=O)C[C@@]1(C)O. The first-order valence-corrected chi connectivity index (χ1v) is 8.18. The molecule has 2 aromatic rings. The number of carbonyl (C=O) groups excluding carboxylic acids is 1. The molecule has 1 aromatic heterocycles. The Bertz CT molecular complexity index is 853. The van der Waals surface area contributed by atoms with Gasteiger partial charge in [-0.3, -0.25) is 14.7 Å². The molecule has 3 atom stereocenters. The van der Waals surface area contributed by atoms with Crippen molar-refractivity contribution in [2.75, 3.05) is 0 Å². The molecule has 0 saturated carbocycles. The van der Waals surface area contributed by atoms with Gasteiger partial charge in [-0.1, -0.05) is 12.1 Å². The summed E-state index contributed by atoms with van der Waals surface area (Å²) in [5.74, 6) is -2.93. The van der Waals surface area contributed by atoms with E-state index < -0.39 is 29.2 Å². The highest BCUT2D eigenvalue weighted by Crippen LogP contribution is 2.44. The monoisotopic (exact) mass is 348 g/mol. The topological polar surface area (TPSA) is 95.2 Å². The van der Waals surface area contributed by atoms with Crippen LogP contribution in [-0.2, 0) is 16.0 Å². The quantitative estimate of drug-likeness (QED) is 0.738. The lowest BCUT2D eigenvalue weighted by Gasteiger charge is -2.40. The molecule has 25 heavy (non-hydrogen) atoms. The molecule has 0 fully saturated rings. The fourth-order valence-electron chi connectivity index (χ4n) is 3.62. The molecule has 6 nitrogen and oxygen atoms in total. The maximum atomic E-state index is 13.8. The van der Waals surface area contributed by atoms with Crippen LogP contribution in [0.4, 0.5) is 4.39 Å². The summed E-state index contributed by atoms with van der Waals surface area (Å²) in [6, 6.07) is 5.71. The first-order valence-electron chi connectivity index (χ1n) is 8.18. The van der Waals surface area contributed by atoms with Gasteiger partial charge < -0.3 is 14.9 Å². The molecule has 1 aliphatic carbocycles. The molecular weight excluding hydrogens is 327 g/mol. The van der Waals surface area contributed by atoms with E-state index in [0.29, 0.717) is 16.8 Å². The van der Waals surface area contributed by atoms with Crippen molar-refractivity contribution in [1.29, 1.82) is 0 Å². The summed E-state index contributed by atoms with van der Waals surface area (Å²) in [5, 5.41) is 16.2. The minimum Gasteiger partial charge on any atom is -0.463 e. The van der Waals surface area contributed by atoms with E-state index in [1.54, 1.807) is 19.9 Å². The van der Waals surface area contributed by atoms with Crippen LogP contribution in [0.1, 0.15) is 43.5 Å². The van der Waals surface area contributed by atoms with Gasteiger partial charge in [-0.25, -0.2) is 4.39 Å². The number of ether oxygens (including phenoxy) is 1. The normalized spacial score (nSPS) is 25.7. The fourth-order valence-corrected chi connectivity index (χ4v) is 3.62. The van der Waals surface area contributed by atoms with Gasteiger partial charge in [0.2, 0.25) is 0 Å². The minimum atomic E-state index is -1.46. The van der Waals surface area contributed by atoms with Crippen molar-refractivity contribution < 1.29 is 19.0 Å². The molecule has 0 bridgehead atoms. The molecule has 0 unspecified atom stereocenters. The Balaban J connectivity index is 2.20. The Morgan fingerprint density at radius 3 is 2.76 bits per heavy atom. The number of halogens is 1. The molecule has 7 heteroatoms. The average molecular weight is 348 g/mol. The lowest BCUT2D eigenvalue weighted by atomic mass is 9.66. The second kappa shape index (κ2) is 6.15. The van der Waals surface area contributed by atoms with Crippen molar-refractivity contribution >= 4 is 5.97 Å². The molecule has 1 heterocycles. The Kier molecular flexibility index (Phi) is 4.28. The zero-order chi connectivity index (χ0) is 18.4. The number of hydrogen-bond acceptors (Lipinski definition) is 4. The van der Waals surface area contributed by atoms with Gasteiger partial charge in [-0.2, -0.15) is 0 Å². The summed E-state index contributed by atoms with van der Waals surface area (Å²) in [5.41, 5.74) is -0.555. The maximum absolute atomic E-state index is 13.8. The first-order chi connectivity index (χ1) is 11.7. The van der Waals surface area contributed by atoms with E-state index in [1.807, 2.05) is 0 Å². The van der Waals surface area contributed by atoms with E-state index >= 15 is 0 Å². The number of carbonyl (C=O) groups is 1. The molecule has 0 spiro atoms. The number of esters is 1. The molecule has 1 aliphatic rings. The van der Waals surface area contributed by atoms with Crippen LogP contribution in [0.15, 0.2) is 29.1 Å². The Labute approximate surface area is 144 Å². The second-order valence-corrected chi connectivity index (χ2v) is 7.00. The van der Waals surface area contributed by atoms with Crippen LogP contribution in [0, 0.1) is 11.7 Å². The standard InChI is InChI=1S/C18H21FN2O4/c1-9(2)25-17(23)15-13(10-5-4-6-11(19)7-10)14-12(8-18(15,3)24)20-21-16(14)22/h4-7,9,13,15,24H,8H2,1-3H3,(H2,20,21,22)/t13-,15+,18-/m1/s1. The Morgan fingerprint density at radius 2 is 2.12 bits per heavy atom. The fraction of sp³-hybridized carbons (Fsp3) is 0.444. The van der Waals surface area contributed by atoms with Crippen molar-refractivity contribution in [1.82, 2.24) is 10.2 Å². The van der Waals surface area contributed by atoms with E-state index in [4.69, 9.17) is 4.74 Å². The zero-order valence-corrected chi connectivity index (χ0v) is 14.3. The van der Waals surface area contributed by atoms with Crippen molar-refractivity contribution in [3.8, 4) is 0 Å². The van der Waals surface area contributed by atoms with E-state index in [1.165, 1.54) is 25.1 Å². The van der Waals surface area contributed by atoms with Gasteiger partial charge >= 0.3 is 5.97 Å². The molecule has 3 N–H and O–H groups in total. The summed E-state index contributed by atoms with van der Waals surface area (Å²) in [6.45, 7) is 4.95. The smallest absolute Gasteiger partial charge is 0.313 e. The van der Waals surface area contributed by atoms with E-state index in [9.17, 15) is 19.1 Å². The van der Waals surface area contributed by atoms with Crippen molar-refractivity contribution in [3.63, 3.8) is 0 Å². The average Bonchev–Trinajstić information content (AvgIpc) is 2.84. The summed E-state index contributed by atoms with van der Waals surface area (Å²) in [4.78, 5) is 25.1. The third-order valence-electron chi connectivity index (χ3n) is 4.56. The number of fused-ring (bicyclic) bond motifs is 1. The molecular formula is C18H21FN2O4. The van der Waals surface area contributed by atoms with Gasteiger partial charge in [0, 0.05) is 23.6 Å². The molecule has 0 amide bonds. The molecule has 0 saturated heterocycles. The van der Waals surface area contributed by atoms with Gasteiger partial charge in [0.05, 0.1) is 17.6 Å². The first kappa shape index (κ1) is 17.4. The number of H-pyrrole nitrogens is 2. The minimum absolute atomic E-state index is 0.0880. The number of aromatic nitrogens is 2. The van der Waals surface area contributed by atoms with Crippen LogP contribution >= 0.6 is 0 Å². The third kappa shape index (κ3) is 3.11. The highest BCUT2D eigenvalue weighted by Gasteiger charge is 2.51. The van der Waals surface area contributed by atoms with Gasteiger partial charge in [0.15, 0.2) is 0 Å². The molecule has 3 rings (SSSR count). The highest BCUT2D eigenvalue weighted by molar-refractivity contribution is 5.77. The molecule has 1 aromatic carbocycles. The Hall–Kier alpha value is -2.41. The second-order valence-electron chi connectivity index (χ2n) is 7.00. The summed E-state index contributed by atoms with van der Waals surface area (Å²) in [6.07, 6.45) is -0.285. The largest absolute Gasteiger partial charge is 0.463 e. The predicted octanol–water partition coefficient (Wildman–Crippen LogP) is 1.85. The zero-order valence-electron chi connectivity index (χ0n) is 14.3. The maximum Gasteiger partial charge on any atom is 0.313 e. The van der Waals surface area contributed by atoms with Crippen molar-refractivity contribution in [2.24, 2.45) is 5.92 Å². The van der Waals surface area contributed by atoms with E-state index in [-0.39, 0.29) is 18.1 Å². The number of rotatable bonds is 3. The summed E-state index contributed by atoms with van der Waals surface area (Å²) in [7, 11) is 0. The van der Waals surface area contributed by atoms with Crippen LogP contribution < -0.4 is 5.56 Å².